The number of carbonyl (C=O) groups excluding carboxylic acids is 2. The van der Waals surface area contributed by atoms with Crippen LogP contribution in [0.15, 0.2) is 87.7 Å². The Bertz CT molecular complexity index is 1730. The van der Waals surface area contributed by atoms with E-state index in [2.05, 4.69) is 105 Å². The highest BCUT2D eigenvalue weighted by atomic mass is 79.9. The van der Waals surface area contributed by atoms with E-state index in [1.807, 2.05) is 18.2 Å². The molecule has 3 aliphatic rings. The number of nitrogens with zero attached hydrogens (tertiary/aromatic N) is 1. The van der Waals surface area contributed by atoms with Gasteiger partial charge in [0.05, 0.1) is 11.6 Å². The van der Waals surface area contributed by atoms with Gasteiger partial charge in [0.1, 0.15) is 6.61 Å². The molecule has 5 nitrogen and oxygen atoms in total. The largest absolute Gasteiger partial charge is 0.493 e. The lowest BCUT2D eigenvalue weighted by molar-refractivity contribution is -0.119. The standard InChI is InChI=1S/C41H46BrNO4/c1-25-15-26(2)17-28(16-25)24-47-39-30(42)18-29(19-35(39)46-7)36-37-31(20-40(3,4)22-33(37)44)43(14-13-27-11-9-8-10-12-27)32-21-41(5,6)23-34(45)38(32)36/h8-12,15-19,36H,13-14,20-24H2,1-7H3. The van der Waals surface area contributed by atoms with E-state index in [-0.39, 0.29) is 22.4 Å². The van der Waals surface area contributed by atoms with Crippen LogP contribution in [0.25, 0.3) is 0 Å². The Labute approximate surface area is 288 Å². The van der Waals surface area contributed by atoms with Gasteiger partial charge in [-0.3, -0.25) is 9.59 Å². The van der Waals surface area contributed by atoms with Crippen LogP contribution < -0.4 is 9.47 Å². The van der Waals surface area contributed by atoms with E-state index in [1.54, 1.807) is 7.11 Å². The fraction of sp³-hybridized carbons (Fsp3) is 0.415. The number of methoxy groups -OCH3 is 1. The molecule has 3 aromatic carbocycles. The first-order valence-electron chi connectivity index (χ1n) is 16.7. The van der Waals surface area contributed by atoms with Gasteiger partial charge in [0.15, 0.2) is 23.1 Å². The monoisotopic (exact) mass is 695 g/mol. The molecule has 0 fully saturated rings. The van der Waals surface area contributed by atoms with E-state index in [1.165, 1.54) is 16.7 Å². The van der Waals surface area contributed by atoms with Crippen molar-refractivity contribution in [2.45, 2.75) is 86.2 Å². The molecule has 2 aliphatic carbocycles. The van der Waals surface area contributed by atoms with Gasteiger partial charge in [0, 0.05) is 47.8 Å². The third-order valence-corrected chi connectivity index (χ3v) is 10.3. The maximum atomic E-state index is 14.3. The third-order valence-electron chi connectivity index (χ3n) is 9.74. The van der Waals surface area contributed by atoms with Crippen LogP contribution in [0.2, 0.25) is 0 Å². The summed E-state index contributed by atoms with van der Waals surface area (Å²) in [5, 5.41) is 0. The van der Waals surface area contributed by atoms with Gasteiger partial charge in [0.2, 0.25) is 0 Å². The summed E-state index contributed by atoms with van der Waals surface area (Å²) in [7, 11) is 1.64. The summed E-state index contributed by atoms with van der Waals surface area (Å²) in [6, 6.07) is 20.9. The molecule has 0 radical (unpaired) electrons. The molecule has 0 spiro atoms. The molecule has 6 heteroatoms. The molecule has 1 aliphatic heterocycles. The third kappa shape index (κ3) is 6.85. The van der Waals surface area contributed by atoms with Gasteiger partial charge in [-0.15, -0.1) is 0 Å². The van der Waals surface area contributed by atoms with Crippen molar-refractivity contribution in [2.24, 2.45) is 10.8 Å². The molecule has 47 heavy (non-hydrogen) atoms. The van der Waals surface area contributed by atoms with Crippen LogP contribution in [0.3, 0.4) is 0 Å². The molecule has 1 heterocycles. The molecule has 0 N–H and O–H groups in total. The topological polar surface area (TPSA) is 55.8 Å². The number of hydrogen-bond acceptors (Lipinski definition) is 5. The lowest BCUT2D eigenvalue weighted by Crippen LogP contribution is -2.45. The molecule has 0 unspecified atom stereocenters. The van der Waals surface area contributed by atoms with Gasteiger partial charge in [0.25, 0.3) is 0 Å². The first-order chi connectivity index (χ1) is 22.2. The van der Waals surface area contributed by atoms with Crippen molar-refractivity contribution < 1.29 is 19.1 Å². The zero-order valence-electron chi connectivity index (χ0n) is 28.8. The maximum absolute atomic E-state index is 14.3. The van der Waals surface area contributed by atoms with Crippen LogP contribution in [0, 0.1) is 24.7 Å². The predicted octanol–water partition coefficient (Wildman–Crippen LogP) is 9.58. The summed E-state index contributed by atoms with van der Waals surface area (Å²) in [6.07, 6.45) is 3.29. The molecule has 3 aromatic rings. The summed E-state index contributed by atoms with van der Waals surface area (Å²) >= 11 is 3.80. The average molecular weight is 697 g/mol. The van der Waals surface area contributed by atoms with Crippen LogP contribution in [0.5, 0.6) is 11.5 Å². The number of halogens is 1. The van der Waals surface area contributed by atoms with Crippen molar-refractivity contribution in [1.29, 1.82) is 0 Å². The van der Waals surface area contributed by atoms with Crippen LogP contribution in [0.4, 0.5) is 0 Å². The maximum Gasteiger partial charge on any atom is 0.175 e. The quantitative estimate of drug-likeness (QED) is 0.235. The second kappa shape index (κ2) is 12.8. The molecule has 0 aromatic heterocycles. The summed E-state index contributed by atoms with van der Waals surface area (Å²) in [6.45, 7) is 14.0. The number of carbonyl (C=O) groups is 2. The van der Waals surface area contributed by atoms with Crippen molar-refractivity contribution in [3.05, 3.63) is 115 Å². The van der Waals surface area contributed by atoms with Gasteiger partial charge < -0.3 is 14.4 Å². The van der Waals surface area contributed by atoms with Gasteiger partial charge in [-0.05, 0) is 88.7 Å². The Kier molecular flexibility index (Phi) is 9.03. The summed E-state index contributed by atoms with van der Waals surface area (Å²) < 4.78 is 13.0. The fourth-order valence-corrected chi connectivity index (χ4v) is 8.47. The molecule has 6 rings (SSSR count). The van der Waals surface area contributed by atoms with Crippen LogP contribution in [0.1, 0.15) is 87.1 Å². The average Bonchev–Trinajstić information content (AvgIpc) is 2.97. The Morgan fingerprint density at radius 1 is 0.787 bits per heavy atom. The number of ketones is 2. The number of hydrogen-bond donors (Lipinski definition) is 0. The predicted molar refractivity (Wildman–Crippen MR) is 191 cm³/mol. The Hall–Kier alpha value is -3.64. The minimum atomic E-state index is -0.459. The normalized spacial score (nSPS) is 19.1. The molecule has 0 saturated heterocycles. The van der Waals surface area contributed by atoms with Crippen molar-refractivity contribution in [1.82, 2.24) is 4.90 Å². The van der Waals surface area contributed by atoms with Gasteiger partial charge in [-0.25, -0.2) is 0 Å². The van der Waals surface area contributed by atoms with Crippen LogP contribution in [-0.4, -0.2) is 30.1 Å². The summed E-state index contributed by atoms with van der Waals surface area (Å²) in [4.78, 5) is 30.9. The van der Waals surface area contributed by atoms with E-state index < -0.39 is 5.92 Å². The second-order valence-electron chi connectivity index (χ2n) is 15.2. The zero-order valence-corrected chi connectivity index (χ0v) is 30.3. The number of benzene rings is 3. The highest BCUT2D eigenvalue weighted by molar-refractivity contribution is 9.10. The highest BCUT2D eigenvalue weighted by Crippen LogP contribution is 2.55. The molecule has 0 bridgehead atoms. The van der Waals surface area contributed by atoms with E-state index in [4.69, 9.17) is 9.47 Å². The molecule has 246 valence electrons. The van der Waals surface area contributed by atoms with Crippen molar-refractivity contribution in [3.63, 3.8) is 0 Å². The number of rotatable bonds is 8. The number of Topliss-reactive ketones (excluding diaryl/α,β-unsaturated/α-hetero) is 2. The van der Waals surface area contributed by atoms with Crippen molar-refractivity contribution in [2.75, 3.05) is 13.7 Å². The van der Waals surface area contributed by atoms with E-state index in [9.17, 15) is 9.59 Å². The minimum Gasteiger partial charge on any atom is -0.493 e. The zero-order chi connectivity index (χ0) is 33.7. The Morgan fingerprint density at radius 2 is 1.36 bits per heavy atom. The lowest BCUT2D eigenvalue weighted by Gasteiger charge is -2.49. The van der Waals surface area contributed by atoms with E-state index >= 15 is 0 Å². The van der Waals surface area contributed by atoms with E-state index in [0.29, 0.717) is 30.9 Å². The van der Waals surface area contributed by atoms with Crippen molar-refractivity contribution in [3.8, 4) is 11.5 Å². The molecule has 0 saturated carbocycles. The van der Waals surface area contributed by atoms with Gasteiger partial charge in [-0.1, -0.05) is 87.4 Å². The Balaban J connectivity index is 1.47. The molecule has 0 amide bonds. The van der Waals surface area contributed by atoms with Crippen molar-refractivity contribution >= 4 is 27.5 Å². The summed E-state index contributed by atoms with van der Waals surface area (Å²) in [5.74, 6) is 0.965. The number of aryl methyl sites for hydroxylation is 2. The van der Waals surface area contributed by atoms with Crippen LogP contribution >= 0.6 is 15.9 Å². The molecule has 0 atom stereocenters. The molecular weight excluding hydrogens is 650 g/mol. The fourth-order valence-electron chi connectivity index (χ4n) is 7.89. The first kappa shape index (κ1) is 33.3. The highest BCUT2D eigenvalue weighted by Gasteiger charge is 2.49. The van der Waals surface area contributed by atoms with E-state index in [0.717, 1.165) is 63.9 Å². The lowest BCUT2D eigenvalue weighted by atomic mass is 9.63. The number of ether oxygens (including phenoxy) is 2. The van der Waals surface area contributed by atoms with Gasteiger partial charge >= 0.3 is 0 Å². The first-order valence-corrected chi connectivity index (χ1v) is 17.5. The second-order valence-corrected chi connectivity index (χ2v) is 16.1. The smallest absolute Gasteiger partial charge is 0.175 e. The number of allylic oxidation sites excluding steroid dienone is 4. The molecular formula is C41H46BrNO4. The van der Waals surface area contributed by atoms with Crippen LogP contribution in [-0.2, 0) is 22.6 Å². The summed E-state index contributed by atoms with van der Waals surface area (Å²) in [5.41, 5.74) is 8.89. The Morgan fingerprint density at radius 3 is 1.91 bits per heavy atom. The SMILES string of the molecule is COc1cc(C2C3=C(CC(C)(C)CC3=O)N(CCc3ccccc3)C3=C2C(=O)CC(C)(C)C3)cc(Br)c1OCc1cc(C)cc(C)c1. The minimum absolute atomic E-state index is 0.125. The van der Waals surface area contributed by atoms with Gasteiger partial charge in [-0.2, -0.15) is 0 Å².